The molecule has 2 aromatic rings. The summed E-state index contributed by atoms with van der Waals surface area (Å²) in [6, 6.07) is 4.61. The highest BCUT2D eigenvalue weighted by atomic mass is 79.9. The molecule has 0 amide bonds. The average molecular weight is 347 g/mol. The lowest BCUT2D eigenvalue weighted by Gasteiger charge is -2.07. The third-order valence-corrected chi connectivity index (χ3v) is 2.93. The largest absolute Gasteiger partial charge is 0.354 e. The van der Waals surface area contributed by atoms with Crippen LogP contribution in [0.25, 0.3) is 0 Å². The number of aromatic nitrogens is 3. The van der Waals surface area contributed by atoms with E-state index in [1.54, 1.807) is 12.1 Å². The lowest BCUT2D eigenvalue weighted by Crippen LogP contribution is -2.06. The maximum Gasteiger partial charge on any atom is 0.233 e. The maximum atomic E-state index is 13.4. The van der Waals surface area contributed by atoms with Crippen LogP contribution >= 0.6 is 27.5 Å². The number of hydrogen-bond acceptors (Lipinski definition) is 5. The topological polar surface area (TPSA) is 62.7 Å². The van der Waals surface area contributed by atoms with E-state index in [9.17, 15) is 4.39 Å². The molecule has 0 aliphatic carbocycles. The predicted octanol–water partition coefficient (Wildman–Crippen LogP) is 3.60. The Bertz CT molecular complexity index is 595. The van der Waals surface area contributed by atoms with Gasteiger partial charge in [0, 0.05) is 12.2 Å². The van der Waals surface area contributed by atoms with Gasteiger partial charge in [-0.2, -0.15) is 15.0 Å². The molecule has 1 aromatic carbocycles. The summed E-state index contributed by atoms with van der Waals surface area (Å²) in [6.07, 6.45) is 0. The third-order valence-electron chi connectivity index (χ3n) is 2.12. The smallest absolute Gasteiger partial charge is 0.233 e. The number of nitrogens with zero attached hydrogens (tertiary/aromatic N) is 3. The van der Waals surface area contributed by atoms with Crippen molar-refractivity contribution in [3.63, 3.8) is 0 Å². The summed E-state index contributed by atoms with van der Waals surface area (Å²) < 4.78 is 13.8. The highest BCUT2D eigenvalue weighted by Gasteiger charge is 2.06. The Morgan fingerprint density at radius 3 is 2.68 bits per heavy atom. The van der Waals surface area contributed by atoms with Gasteiger partial charge in [-0.1, -0.05) is 0 Å². The van der Waals surface area contributed by atoms with E-state index in [0.29, 0.717) is 22.7 Å². The van der Waals surface area contributed by atoms with Crippen molar-refractivity contribution in [1.29, 1.82) is 0 Å². The van der Waals surface area contributed by atoms with Gasteiger partial charge in [0.05, 0.1) is 4.47 Å². The van der Waals surface area contributed by atoms with Crippen LogP contribution in [0, 0.1) is 5.82 Å². The fourth-order valence-corrected chi connectivity index (χ4v) is 1.75. The molecule has 1 heterocycles. The minimum absolute atomic E-state index is 0.0611. The van der Waals surface area contributed by atoms with Gasteiger partial charge < -0.3 is 10.6 Å². The van der Waals surface area contributed by atoms with Crippen LogP contribution in [0.2, 0.25) is 5.28 Å². The molecule has 0 saturated carbocycles. The van der Waals surface area contributed by atoms with Crippen molar-refractivity contribution < 1.29 is 4.39 Å². The SMILES string of the molecule is CCNc1nc(Cl)nc(Nc2ccc(Br)c(F)c2)n1. The van der Waals surface area contributed by atoms with Crippen LogP contribution in [-0.2, 0) is 0 Å². The molecule has 0 unspecified atom stereocenters. The molecule has 0 spiro atoms. The fourth-order valence-electron chi connectivity index (χ4n) is 1.35. The Balaban J connectivity index is 2.24. The van der Waals surface area contributed by atoms with Crippen molar-refractivity contribution in [2.75, 3.05) is 17.2 Å². The third kappa shape index (κ3) is 3.74. The number of benzene rings is 1. The van der Waals surface area contributed by atoms with Crippen LogP contribution in [0.5, 0.6) is 0 Å². The van der Waals surface area contributed by atoms with E-state index in [4.69, 9.17) is 11.6 Å². The van der Waals surface area contributed by atoms with Gasteiger partial charge in [0.2, 0.25) is 17.2 Å². The molecule has 100 valence electrons. The van der Waals surface area contributed by atoms with Crippen molar-refractivity contribution in [2.24, 2.45) is 0 Å². The lowest BCUT2D eigenvalue weighted by molar-refractivity contribution is 0.622. The van der Waals surface area contributed by atoms with Crippen LogP contribution in [0.3, 0.4) is 0 Å². The van der Waals surface area contributed by atoms with Crippen LogP contribution < -0.4 is 10.6 Å². The first-order chi connectivity index (χ1) is 9.08. The molecule has 8 heteroatoms. The first-order valence-corrected chi connectivity index (χ1v) is 6.63. The van der Waals surface area contributed by atoms with E-state index < -0.39 is 0 Å². The van der Waals surface area contributed by atoms with Crippen molar-refractivity contribution >= 4 is 45.1 Å². The summed E-state index contributed by atoms with van der Waals surface area (Å²) in [5.74, 6) is 0.234. The van der Waals surface area contributed by atoms with Gasteiger partial charge in [-0.05, 0) is 52.7 Å². The van der Waals surface area contributed by atoms with Crippen molar-refractivity contribution in [3.05, 3.63) is 33.8 Å². The molecule has 0 aliphatic heterocycles. The highest BCUT2D eigenvalue weighted by molar-refractivity contribution is 9.10. The molecule has 0 saturated heterocycles. The Labute approximate surface area is 122 Å². The number of nitrogens with one attached hydrogen (secondary N) is 2. The molecule has 0 fully saturated rings. The average Bonchev–Trinajstić information content (AvgIpc) is 2.33. The summed E-state index contributed by atoms with van der Waals surface area (Å²) in [4.78, 5) is 11.9. The lowest BCUT2D eigenvalue weighted by atomic mass is 10.3. The van der Waals surface area contributed by atoms with Crippen molar-refractivity contribution in [1.82, 2.24) is 15.0 Å². The van der Waals surface area contributed by atoms with Crippen LogP contribution in [-0.4, -0.2) is 21.5 Å². The molecule has 0 radical (unpaired) electrons. The Morgan fingerprint density at radius 1 is 1.26 bits per heavy atom. The van der Waals surface area contributed by atoms with E-state index in [1.807, 2.05) is 6.92 Å². The zero-order chi connectivity index (χ0) is 13.8. The van der Waals surface area contributed by atoms with E-state index in [1.165, 1.54) is 6.07 Å². The van der Waals surface area contributed by atoms with Crippen LogP contribution in [0.4, 0.5) is 22.0 Å². The molecule has 2 N–H and O–H groups in total. The second-order valence-corrected chi connectivity index (χ2v) is 4.73. The van der Waals surface area contributed by atoms with Crippen LogP contribution in [0.15, 0.2) is 22.7 Å². The first-order valence-electron chi connectivity index (χ1n) is 5.46. The quantitative estimate of drug-likeness (QED) is 0.885. The summed E-state index contributed by atoms with van der Waals surface area (Å²) in [6.45, 7) is 2.57. The maximum absolute atomic E-state index is 13.4. The van der Waals surface area contributed by atoms with E-state index >= 15 is 0 Å². The zero-order valence-corrected chi connectivity index (χ0v) is 12.3. The minimum atomic E-state index is -0.378. The van der Waals surface area contributed by atoms with E-state index in [0.717, 1.165) is 0 Å². The molecule has 19 heavy (non-hydrogen) atoms. The Kier molecular flexibility index (Phi) is 4.49. The Hall–Kier alpha value is -1.47. The standard InChI is InChI=1S/C11H10BrClFN5/c1-2-15-10-17-9(13)18-11(19-10)16-6-3-4-7(12)8(14)5-6/h3-5H,2H2,1H3,(H2,15,16,17,18,19). The summed E-state index contributed by atoms with van der Waals surface area (Å²) in [5.41, 5.74) is 0.519. The second kappa shape index (κ2) is 6.12. The monoisotopic (exact) mass is 345 g/mol. The molecule has 0 bridgehead atoms. The molecule has 1 aromatic heterocycles. The van der Waals surface area contributed by atoms with E-state index in [2.05, 4.69) is 41.5 Å². The number of hydrogen-bond donors (Lipinski definition) is 2. The normalized spacial score (nSPS) is 10.3. The van der Waals surface area contributed by atoms with Gasteiger partial charge in [-0.3, -0.25) is 0 Å². The van der Waals surface area contributed by atoms with Gasteiger partial charge >= 0.3 is 0 Å². The molecule has 0 atom stereocenters. The summed E-state index contributed by atoms with van der Waals surface area (Å²) >= 11 is 8.87. The van der Waals surface area contributed by atoms with Crippen molar-refractivity contribution in [3.8, 4) is 0 Å². The highest BCUT2D eigenvalue weighted by Crippen LogP contribution is 2.21. The van der Waals surface area contributed by atoms with E-state index in [-0.39, 0.29) is 17.0 Å². The molecule has 2 rings (SSSR count). The first kappa shape index (κ1) is 14.0. The fraction of sp³-hybridized carbons (Fsp3) is 0.182. The molecule has 0 aliphatic rings. The summed E-state index contributed by atoms with van der Waals surface area (Å²) in [5, 5.41) is 5.85. The number of rotatable bonds is 4. The Morgan fingerprint density at radius 2 is 2.00 bits per heavy atom. The van der Waals surface area contributed by atoms with Gasteiger partial charge in [-0.25, -0.2) is 4.39 Å². The molecule has 5 nitrogen and oxygen atoms in total. The van der Waals surface area contributed by atoms with Gasteiger partial charge in [-0.15, -0.1) is 0 Å². The number of anilines is 3. The number of halogens is 3. The minimum Gasteiger partial charge on any atom is -0.354 e. The van der Waals surface area contributed by atoms with Crippen molar-refractivity contribution in [2.45, 2.75) is 6.92 Å². The zero-order valence-electron chi connectivity index (χ0n) is 9.91. The van der Waals surface area contributed by atoms with Crippen LogP contribution in [0.1, 0.15) is 6.92 Å². The van der Waals surface area contributed by atoms with Gasteiger partial charge in [0.15, 0.2) is 0 Å². The van der Waals surface area contributed by atoms with Gasteiger partial charge in [0.25, 0.3) is 0 Å². The molecular weight excluding hydrogens is 337 g/mol. The second-order valence-electron chi connectivity index (χ2n) is 3.54. The molecular formula is C11H10BrClFN5. The predicted molar refractivity (Wildman–Crippen MR) is 76.4 cm³/mol. The van der Waals surface area contributed by atoms with Gasteiger partial charge in [0.1, 0.15) is 5.82 Å². The summed E-state index contributed by atoms with van der Waals surface area (Å²) in [7, 11) is 0.